The van der Waals surface area contributed by atoms with Gasteiger partial charge < -0.3 is 9.84 Å². The van der Waals surface area contributed by atoms with Crippen LogP contribution in [-0.2, 0) is 10.1 Å². The molecule has 0 fully saturated rings. The molecule has 0 heterocycles. The highest BCUT2D eigenvalue weighted by atomic mass is 32.2. The predicted octanol–water partition coefficient (Wildman–Crippen LogP) is 3.81. The molecule has 126 valence electrons. The van der Waals surface area contributed by atoms with Crippen LogP contribution >= 0.6 is 0 Å². The van der Waals surface area contributed by atoms with Gasteiger partial charge in [-0.05, 0) is 64.1 Å². The Morgan fingerprint density at radius 1 is 0.913 bits per heavy atom. The zero-order valence-corrected chi connectivity index (χ0v) is 14.5. The van der Waals surface area contributed by atoms with Crippen LogP contribution in [0.3, 0.4) is 0 Å². The normalized spacial score (nSPS) is 11.3. The molecule has 2 aromatic carbocycles. The number of phenols is 1. The van der Waals surface area contributed by atoms with Crippen molar-refractivity contribution in [1.82, 2.24) is 0 Å². The Morgan fingerprint density at radius 2 is 1.39 bits per heavy atom. The second-order valence-electron chi connectivity index (χ2n) is 6.00. The van der Waals surface area contributed by atoms with E-state index in [1.165, 1.54) is 12.1 Å². The second-order valence-corrected chi connectivity index (χ2v) is 7.42. The van der Waals surface area contributed by atoms with E-state index in [0.717, 1.165) is 11.3 Å². The van der Waals surface area contributed by atoms with E-state index in [4.69, 9.17) is 14.4 Å². The minimum atomic E-state index is -4.02. The third-order valence-electron chi connectivity index (χ3n) is 2.58. The number of hydrogen-bond donors (Lipinski definition) is 2. The van der Waals surface area contributed by atoms with Crippen molar-refractivity contribution in [2.75, 3.05) is 0 Å². The van der Waals surface area contributed by atoms with E-state index in [-0.39, 0.29) is 16.2 Å². The van der Waals surface area contributed by atoms with Crippen LogP contribution in [0.4, 0.5) is 0 Å². The summed E-state index contributed by atoms with van der Waals surface area (Å²) in [6.45, 7) is 7.80. The van der Waals surface area contributed by atoms with Crippen molar-refractivity contribution in [2.45, 2.75) is 38.2 Å². The standard InChI is InChI=1S/C10H14O2.C7H8O3S/c1-10(2,3)12-9-6-4-8(11)5-7-9;1-6-2-4-7(5-3-6)11(8,9)10/h4-7,11H,1-3H3;2-5H,1H3,(H,8,9,10). The number of ether oxygens (including phenoxy) is 1. The van der Waals surface area contributed by atoms with Crippen LogP contribution in [0.1, 0.15) is 26.3 Å². The van der Waals surface area contributed by atoms with E-state index in [2.05, 4.69) is 0 Å². The molecule has 0 spiro atoms. The van der Waals surface area contributed by atoms with Crippen LogP contribution in [-0.4, -0.2) is 23.7 Å². The summed E-state index contributed by atoms with van der Waals surface area (Å²) in [6, 6.07) is 12.7. The van der Waals surface area contributed by atoms with Crippen LogP contribution in [0.25, 0.3) is 0 Å². The van der Waals surface area contributed by atoms with Gasteiger partial charge in [0.25, 0.3) is 10.1 Å². The van der Waals surface area contributed by atoms with Gasteiger partial charge in [0, 0.05) is 0 Å². The lowest BCUT2D eigenvalue weighted by atomic mass is 10.2. The third-order valence-corrected chi connectivity index (χ3v) is 3.45. The molecule has 0 unspecified atom stereocenters. The quantitative estimate of drug-likeness (QED) is 0.814. The van der Waals surface area contributed by atoms with Crippen molar-refractivity contribution in [2.24, 2.45) is 0 Å². The Labute approximate surface area is 137 Å². The van der Waals surface area contributed by atoms with Crippen molar-refractivity contribution >= 4 is 10.1 Å². The summed E-state index contributed by atoms with van der Waals surface area (Å²) < 4.78 is 35.1. The highest BCUT2D eigenvalue weighted by Gasteiger charge is 2.11. The van der Waals surface area contributed by atoms with Gasteiger partial charge in [-0.15, -0.1) is 0 Å². The summed E-state index contributed by atoms with van der Waals surface area (Å²) >= 11 is 0. The van der Waals surface area contributed by atoms with Crippen molar-refractivity contribution in [3.63, 3.8) is 0 Å². The highest BCUT2D eigenvalue weighted by Crippen LogP contribution is 2.20. The molecule has 0 aliphatic carbocycles. The molecule has 0 aliphatic rings. The van der Waals surface area contributed by atoms with E-state index < -0.39 is 10.1 Å². The SMILES string of the molecule is CC(C)(C)Oc1ccc(O)cc1.Cc1ccc(S(=O)(=O)O)cc1. The van der Waals surface area contributed by atoms with Crippen molar-refractivity contribution in [1.29, 1.82) is 0 Å². The first-order chi connectivity index (χ1) is 10.5. The summed E-state index contributed by atoms with van der Waals surface area (Å²) in [4.78, 5) is -0.0666. The minimum absolute atomic E-state index is 0.0666. The lowest BCUT2D eigenvalue weighted by Gasteiger charge is -2.20. The fraction of sp³-hybridized carbons (Fsp3) is 0.294. The maximum absolute atomic E-state index is 10.5. The monoisotopic (exact) mass is 338 g/mol. The first-order valence-corrected chi connectivity index (χ1v) is 8.43. The van der Waals surface area contributed by atoms with E-state index in [9.17, 15) is 8.42 Å². The molecular formula is C17H22O5S. The van der Waals surface area contributed by atoms with Gasteiger partial charge >= 0.3 is 0 Å². The molecule has 0 saturated carbocycles. The summed E-state index contributed by atoms with van der Waals surface area (Å²) in [5.41, 5.74) is 0.772. The zero-order valence-electron chi connectivity index (χ0n) is 13.6. The van der Waals surface area contributed by atoms with E-state index >= 15 is 0 Å². The molecule has 6 heteroatoms. The van der Waals surface area contributed by atoms with E-state index in [1.54, 1.807) is 36.4 Å². The summed E-state index contributed by atoms with van der Waals surface area (Å²) in [6.07, 6.45) is 0. The Kier molecular flexibility index (Phi) is 6.18. The molecule has 5 nitrogen and oxygen atoms in total. The molecule has 0 bridgehead atoms. The summed E-state index contributed by atoms with van der Waals surface area (Å²) in [7, 11) is -4.02. The third kappa shape index (κ3) is 7.67. The lowest BCUT2D eigenvalue weighted by molar-refractivity contribution is 0.131. The van der Waals surface area contributed by atoms with E-state index in [1.807, 2.05) is 27.7 Å². The Hall–Kier alpha value is -2.05. The van der Waals surface area contributed by atoms with Gasteiger partial charge in [-0.3, -0.25) is 4.55 Å². The van der Waals surface area contributed by atoms with Crippen LogP contribution < -0.4 is 4.74 Å². The first-order valence-electron chi connectivity index (χ1n) is 6.99. The summed E-state index contributed by atoms with van der Waals surface area (Å²) in [5, 5.41) is 9.00. The number of aryl methyl sites for hydroxylation is 1. The van der Waals surface area contributed by atoms with Crippen LogP contribution in [0.2, 0.25) is 0 Å². The Balaban J connectivity index is 0.000000231. The molecule has 23 heavy (non-hydrogen) atoms. The second kappa shape index (κ2) is 7.48. The van der Waals surface area contributed by atoms with Gasteiger partial charge in [-0.25, -0.2) is 0 Å². The molecule has 0 aromatic heterocycles. The Bertz CT molecular complexity index is 711. The molecule has 0 aliphatic heterocycles. The molecule has 2 rings (SSSR count). The van der Waals surface area contributed by atoms with Crippen LogP contribution in [0.5, 0.6) is 11.5 Å². The average molecular weight is 338 g/mol. The van der Waals surface area contributed by atoms with Gasteiger partial charge in [-0.1, -0.05) is 17.7 Å². The van der Waals surface area contributed by atoms with Crippen molar-refractivity contribution < 1.29 is 22.8 Å². The molecular weight excluding hydrogens is 316 g/mol. The maximum Gasteiger partial charge on any atom is 0.294 e. The first kappa shape index (κ1) is 19.0. The molecule has 0 atom stereocenters. The fourth-order valence-corrected chi connectivity index (χ4v) is 2.06. The van der Waals surface area contributed by atoms with Gasteiger partial charge in [-0.2, -0.15) is 8.42 Å². The highest BCUT2D eigenvalue weighted by molar-refractivity contribution is 7.85. The van der Waals surface area contributed by atoms with Crippen LogP contribution in [0.15, 0.2) is 53.4 Å². The lowest BCUT2D eigenvalue weighted by Crippen LogP contribution is -2.22. The maximum atomic E-state index is 10.5. The van der Waals surface area contributed by atoms with Gasteiger partial charge in [0.2, 0.25) is 0 Å². The predicted molar refractivity (Wildman–Crippen MR) is 89.5 cm³/mol. The molecule has 0 saturated heterocycles. The van der Waals surface area contributed by atoms with Gasteiger partial charge in [0.15, 0.2) is 0 Å². The largest absolute Gasteiger partial charge is 0.508 e. The average Bonchev–Trinajstić information content (AvgIpc) is 2.40. The van der Waals surface area contributed by atoms with Crippen LogP contribution in [0, 0.1) is 6.92 Å². The molecule has 2 N–H and O–H groups in total. The number of rotatable bonds is 2. The number of hydrogen-bond acceptors (Lipinski definition) is 4. The number of aromatic hydroxyl groups is 1. The number of phenolic OH excluding ortho intramolecular Hbond substituents is 1. The Morgan fingerprint density at radius 3 is 1.78 bits per heavy atom. The van der Waals surface area contributed by atoms with Crippen molar-refractivity contribution in [3.05, 3.63) is 54.1 Å². The van der Waals surface area contributed by atoms with E-state index in [0.29, 0.717) is 0 Å². The molecule has 2 aromatic rings. The fourth-order valence-electron chi connectivity index (χ4n) is 1.58. The van der Waals surface area contributed by atoms with Gasteiger partial charge in [0.05, 0.1) is 4.90 Å². The topological polar surface area (TPSA) is 83.8 Å². The molecule has 0 amide bonds. The van der Waals surface area contributed by atoms with Gasteiger partial charge in [0.1, 0.15) is 17.1 Å². The summed E-state index contributed by atoms with van der Waals surface area (Å²) in [5.74, 6) is 1.04. The minimum Gasteiger partial charge on any atom is -0.508 e. The molecule has 0 radical (unpaired) electrons. The zero-order chi connectivity index (χ0) is 17.7. The number of benzene rings is 2. The smallest absolute Gasteiger partial charge is 0.294 e. The van der Waals surface area contributed by atoms with Crippen molar-refractivity contribution in [3.8, 4) is 11.5 Å².